The van der Waals surface area contributed by atoms with Gasteiger partial charge < -0.3 is 18.9 Å². The molecule has 0 saturated carbocycles. The minimum absolute atomic E-state index is 0.103. The molecule has 10 aromatic rings. The lowest BCUT2D eigenvalue weighted by atomic mass is 10.0. The third-order valence-corrected chi connectivity index (χ3v) is 16.1. The number of hydrogen-bond acceptors (Lipinski definition) is 8. The maximum Gasteiger partial charge on any atom is 0.206 e. The van der Waals surface area contributed by atoms with Gasteiger partial charge in [-0.25, -0.2) is 16.8 Å². The summed E-state index contributed by atoms with van der Waals surface area (Å²) in [6.45, 7) is 0. The van der Waals surface area contributed by atoms with Gasteiger partial charge in [-0.3, -0.25) is 0 Å². The van der Waals surface area contributed by atoms with Gasteiger partial charge in [0.15, 0.2) is 0 Å². The second kappa shape index (κ2) is 20.9. The highest BCUT2D eigenvalue weighted by atomic mass is 79.9. The molecule has 0 heterocycles. The zero-order chi connectivity index (χ0) is 49.7. The standard InChI is InChI=1S/C60H40Br2O8S2/c61-44-16-35-58(55(38-44)41-10-4-1-5-11-41)68-47-20-29-52(30-21-47)71(63,64)51-27-18-46(19-28-51)67-50-26-37-60(57(40-50)43-14-8-3-9-15-43)70-49-24-33-54(34-25-49)72(65,66)53-31-22-48(23-32-53)69-59-36-17-45(62)39-56(59)42-12-6-2-7-13-42/h1-40H. The summed E-state index contributed by atoms with van der Waals surface area (Å²) in [7, 11) is -7.75. The quantitative estimate of drug-likeness (QED) is 0.1000. The van der Waals surface area contributed by atoms with Crippen LogP contribution >= 0.6 is 31.9 Å². The molecular weight excluding hydrogens is 1070 g/mol. The van der Waals surface area contributed by atoms with Crippen molar-refractivity contribution in [1.82, 2.24) is 0 Å². The molecule has 0 amide bonds. The molecule has 0 saturated heterocycles. The summed E-state index contributed by atoms with van der Waals surface area (Å²) in [6.07, 6.45) is 0. The maximum atomic E-state index is 13.8. The molecule has 72 heavy (non-hydrogen) atoms. The van der Waals surface area contributed by atoms with E-state index in [0.717, 1.165) is 36.8 Å². The van der Waals surface area contributed by atoms with Crippen molar-refractivity contribution in [1.29, 1.82) is 0 Å². The Morgan fingerprint density at radius 2 is 0.528 bits per heavy atom. The van der Waals surface area contributed by atoms with Crippen LogP contribution in [-0.4, -0.2) is 16.8 Å². The monoisotopic (exact) mass is 1110 g/mol. The molecule has 0 aromatic heterocycles. The molecule has 12 heteroatoms. The van der Waals surface area contributed by atoms with Crippen LogP contribution in [0.15, 0.2) is 271 Å². The second-order valence-corrected chi connectivity index (χ2v) is 22.1. The Hall–Kier alpha value is -7.74. The Morgan fingerprint density at radius 3 is 0.847 bits per heavy atom. The molecule has 0 spiro atoms. The third kappa shape index (κ3) is 10.8. The lowest BCUT2D eigenvalue weighted by Gasteiger charge is -2.15. The van der Waals surface area contributed by atoms with Crippen molar-refractivity contribution in [3.05, 3.63) is 252 Å². The number of hydrogen-bond donors (Lipinski definition) is 0. The van der Waals surface area contributed by atoms with E-state index in [9.17, 15) is 16.8 Å². The van der Waals surface area contributed by atoms with Gasteiger partial charge in [-0.05, 0) is 168 Å². The van der Waals surface area contributed by atoms with Gasteiger partial charge in [0.25, 0.3) is 0 Å². The van der Waals surface area contributed by atoms with Crippen molar-refractivity contribution in [3.63, 3.8) is 0 Å². The average molecular weight is 1110 g/mol. The molecule has 8 nitrogen and oxygen atoms in total. The first kappa shape index (κ1) is 47.9. The van der Waals surface area contributed by atoms with Crippen LogP contribution < -0.4 is 18.9 Å². The van der Waals surface area contributed by atoms with Crippen LogP contribution in [0.1, 0.15) is 0 Å². The normalized spacial score (nSPS) is 11.4. The zero-order valence-electron chi connectivity index (χ0n) is 37.9. The Labute approximate surface area is 434 Å². The van der Waals surface area contributed by atoms with Crippen LogP contribution in [0.2, 0.25) is 0 Å². The van der Waals surface area contributed by atoms with Crippen molar-refractivity contribution in [2.45, 2.75) is 19.6 Å². The fourth-order valence-corrected chi connectivity index (χ4v) is 11.2. The molecule has 0 aliphatic rings. The molecule has 0 N–H and O–H groups in total. The number of sulfone groups is 2. The minimum Gasteiger partial charge on any atom is -0.457 e. The van der Waals surface area contributed by atoms with Crippen LogP contribution in [0.5, 0.6) is 46.0 Å². The van der Waals surface area contributed by atoms with Gasteiger partial charge in [-0.1, -0.05) is 123 Å². The summed E-state index contributed by atoms with van der Waals surface area (Å²) >= 11 is 7.10. The Balaban J connectivity index is 0.811. The van der Waals surface area contributed by atoms with Crippen LogP contribution in [0.4, 0.5) is 0 Å². The number of rotatable bonds is 15. The maximum absolute atomic E-state index is 13.8. The van der Waals surface area contributed by atoms with E-state index in [0.29, 0.717) is 51.6 Å². The molecule has 10 aromatic carbocycles. The van der Waals surface area contributed by atoms with Crippen molar-refractivity contribution in [2.24, 2.45) is 0 Å². The Kier molecular flexibility index (Phi) is 13.9. The number of ether oxygens (including phenoxy) is 4. The summed E-state index contributed by atoms with van der Waals surface area (Å²) in [6, 6.07) is 71.4. The molecule has 0 bridgehead atoms. The van der Waals surface area contributed by atoms with Crippen molar-refractivity contribution < 1.29 is 35.8 Å². The van der Waals surface area contributed by atoms with Gasteiger partial charge in [0.2, 0.25) is 19.7 Å². The summed E-state index contributed by atoms with van der Waals surface area (Å²) in [5, 5.41) is 0. The van der Waals surface area contributed by atoms with Gasteiger partial charge in [0, 0.05) is 25.6 Å². The molecule has 10 rings (SSSR count). The van der Waals surface area contributed by atoms with E-state index in [1.165, 1.54) is 48.5 Å². The summed E-state index contributed by atoms with van der Waals surface area (Å²) in [5.41, 5.74) is 5.33. The Bertz CT molecular complexity index is 3750. The van der Waals surface area contributed by atoms with Gasteiger partial charge in [-0.2, -0.15) is 0 Å². The van der Waals surface area contributed by atoms with Gasteiger partial charge >= 0.3 is 0 Å². The SMILES string of the molecule is O=S(=O)(c1ccc(Oc2ccc(Oc3ccc(S(=O)(=O)c4ccc(Oc5ccc(Br)cc5-c5ccccc5)cc4)cc3)c(-c3ccccc3)c2)cc1)c1ccc(Oc2ccc(Br)cc2-c2ccccc2)cc1. The predicted molar refractivity (Wildman–Crippen MR) is 288 cm³/mol. The van der Waals surface area contributed by atoms with E-state index in [1.807, 2.05) is 133 Å². The van der Waals surface area contributed by atoms with Gasteiger partial charge in [0.1, 0.15) is 46.0 Å². The first-order valence-corrected chi connectivity index (χ1v) is 27.0. The zero-order valence-corrected chi connectivity index (χ0v) is 42.7. The molecular formula is C60H40Br2O8S2. The molecule has 354 valence electrons. The molecule has 0 radical (unpaired) electrons. The Morgan fingerprint density at radius 1 is 0.264 bits per heavy atom. The molecule has 0 atom stereocenters. The summed E-state index contributed by atoms with van der Waals surface area (Å²) in [4.78, 5) is 0.446. The number of halogens is 2. The highest BCUT2D eigenvalue weighted by Crippen LogP contribution is 2.41. The molecule has 0 aliphatic heterocycles. The van der Waals surface area contributed by atoms with Crippen LogP contribution in [-0.2, 0) is 19.7 Å². The van der Waals surface area contributed by atoms with E-state index in [1.54, 1.807) is 60.7 Å². The topological polar surface area (TPSA) is 105 Å². The second-order valence-electron chi connectivity index (χ2n) is 16.3. The van der Waals surface area contributed by atoms with Gasteiger partial charge in [0.05, 0.1) is 19.6 Å². The van der Waals surface area contributed by atoms with Crippen LogP contribution in [0, 0.1) is 0 Å². The van der Waals surface area contributed by atoms with Crippen molar-refractivity contribution >= 4 is 51.5 Å². The van der Waals surface area contributed by atoms with Crippen LogP contribution in [0.3, 0.4) is 0 Å². The smallest absolute Gasteiger partial charge is 0.206 e. The van der Waals surface area contributed by atoms with E-state index in [4.69, 9.17) is 18.9 Å². The summed E-state index contributed by atoms with van der Waals surface area (Å²) in [5.74, 6) is 4.10. The highest BCUT2D eigenvalue weighted by Gasteiger charge is 2.21. The van der Waals surface area contributed by atoms with E-state index in [2.05, 4.69) is 31.9 Å². The van der Waals surface area contributed by atoms with Crippen molar-refractivity contribution in [3.8, 4) is 79.4 Å². The first-order chi connectivity index (χ1) is 35.0. The van der Waals surface area contributed by atoms with Crippen molar-refractivity contribution in [2.75, 3.05) is 0 Å². The molecule has 0 unspecified atom stereocenters. The lowest BCUT2D eigenvalue weighted by Crippen LogP contribution is -2.02. The summed E-state index contributed by atoms with van der Waals surface area (Å²) < 4.78 is 82.0. The fraction of sp³-hybridized carbons (Fsp3) is 0. The minimum atomic E-state index is -3.88. The van der Waals surface area contributed by atoms with Crippen LogP contribution in [0.25, 0.3) is 33.4 Å². The predicted octanol–water partition coefficient (Wildman–Crippen LogP) is 17.0. The highest BCUT2D eigenvalue weighted by molar-refractivity contribution is 9.10. The fourth-order valence-electron chi connectivity index (χ4n) is 7.91. The number of benzene rings is 10. The third-order valence-electron chi connectivity index (χ3n) is 11.5. The molecule has 0 fully saturated rings. The lowest BCUT2D eigenvalue weighted by molar-refractivity contribution is 0.470. The molecule has 0 aliphatic carbocycles. The van der Waals surface area contributed by atoms with E-state index < -0.39 is 19.7 Å². The van der Waals surface area contributed by atoms with E-state index >= 15 is 0 Å². The van der Waals surface area contributed by atoms with E-state index in [-0.39, 0.29) is 19.6 Å². The largest absolute Gasteiger partial charge is 0.457 e. The average Bonchev–Trinajstić information content (AvgIpc) is 3.41. The van der Waals surface area contributed by atoms with Gasteiger partial charge in [-0.15, -0.1) is 0 Å². The first-order valence-electron chi connectivity index (χ1n) is 22.5.